The molecule has 1 saturated carbocycles. The standard InChI is InChI=1S/C32H33F3N2O4/c1-2-39-30(38)19-22-8-7-9-23(18-22)21-40-29-13-6-3-10-25(29)20-37-28-12-5-4-11-27(28)36-31(37)24-14-16-26(17-15-24)41-32(33,34)35/h3-6,10-17,22-23H,2,7-9,18-21H2,1H3. The molecule has 0 saturated heterocycles. The summed E-state index contributed by atoms with van der Waals surface area (Å²) < 4.78 is 55.6. The molecule has 4 aromatic rings. The van der Waals surface area contributed by atoms with Gasteiger partial charge in [-0.15, -0.1) is 13.2 Å². The lowest BCUT2D eigenvalue weighted by atomic mass is 9.80. The highest BCUT2D eigenvalue weighted by atomic mass is 19.4. The first kappa shape index (κ1) is 28.5. The lowest BCUT2D eigenvalue weighted by Gasteiger charge is -2.28. The number of carbonyl (C=O) groups excluding carboxylic acids is 1. The number of rotatable bonds is 10. The van der Waals surface area contributed by atoms with E-state index in [4.69, 9.17) is 14.5 Å². The molecule has 0 bridgehead atoms. The van der Waals surface area contributed by atoms with E-state index in [0.717, 1.165) is 48.0 Å². The van der Waals surface area contributed by atoms with Crippen LogP contribution in [0.25, 0.3) is 22.4 Å². The molecule has 2 atom stereocenters. The molecule has 1 aliphatic rings. The first-order valence-corrected chi connectivity index (χ1v) is 14.0. The number of para-hydroxylation sites is 3. The number of aromatic nitrogens is 2. The Morgan fingerprint density at radius 3 is 2.49 bits per heavy atom. The fourth-order valence-corrected chi connectivity index (χ4v) is 5.61. The normalized spacial score (nSPS) is 17.4. The van der Waals surface area contributed by atoms with Crippen molar-refractivity contribution in [1.82, 2.24) is 9.55 Å². The Labute approximate surface area is 237 Å². The van der Waals surface area contributed by atoms with E-state index < -0.39 is 6.36 Å². The summed E-state index contributed by atoms with van der Waals surface area (Å²) >= 11 is 0. The molecule has 1 aliphatic carbocycles. The van der Waals surface area contributed by atoms with Gasteiger partial charge in [-0.05, 0) is 80.5 Å². The summed E-state index contributed by atoms with van der Waals surface area (Å²) in [7, 11) is 0. The van der Waals surface area contributed by atoms with Gasteiger partial charge in [0, 0.05) is 17.5 Å². The number of carbonyl (C=O) groups is 1. The fourth-order valence-electron chi connectivity index (χ4n) is 5.61. The molecule has 1 heterocycles. The third-order valence-electron chi connectivity index (χ3n) is 7.43. The summed E-state index contributed by atoms with van der Waals surface area (Å²) in [6.07, 6.45) is -0.196. The molecule has 9 heteroatoms. The van der Waals surface area contributed by atoms with Crippen molar-refractivity contribution < 1.29 is 32.2 Å². The maximum atomic E-state index is 12.7. The van der Waals surface area contributed by atoms with Crippen LogP contribution in [0.15, 0.2) is 72.8 Å². The Kier molecular flexibility index (Phi) is 8.81. The van der Waals surface area contributed by atoms with E-state index in [9.17, 15) is 18.0 Å². The number of hydrogen-bond donors (Lipinski definition) is 0. The Morgan fingerprint density at radius 1 is 0.976 bits per heavy atom. The average molecular weight is 567 g/mol. The SMILES string of the molecule is CCOC(=O)CC1CCCC(COc2ccccc2Cn2c(-c3ccc(OC(F)(F)F)cc3)nc3ccccc32)C1. The van der Waals surface area contributed by atoms with Crippen molar-refractivity contribution in [2.24, 2.45) is 11.8 Å². The van der Waals surface area contributed by atoms with Gasteiger partial charge in [0.05, 0.1) is 30.8 Å². The second kappa shape index (κ2) is 12.7. The molecule has 1 fully saturated rings. The minimum absolute atomic E-state index is 0.129. The summed E-state index contributed by atoms with van der Waals surface area (Å²) in [5.74, 6) is 1.68. The number of benzene rings is 3. The van der Waals surface area contributed by atoms with Crippen molar-refractivity contribution >= 4 is 17.0 Å². The van der Waals surface area contributed by atoms with E-state index >= 15 is 0 Å². The van der Waals surface area contributed by atoms with Crippen LogP contribution in [-0.4, -0.2) is 35.1 Å². The van der Waals surface area contributed by atoms with Crippen LogP contribution in [-0.2, 0) is 16.1 Å². The van der Waals surface area contributed by atoms with E-state index in [1.807, 2.05) is 60.0 Å². The van der Waals surface area contributed by atoms with Gasteiger partial charge in [0.25, 0.3) is 0 Å². The van der Waals surface area contributed by atoms with Crippen molar-refractivity contribution in [3.8, 4) is 22.9 Å². The van der Waals surface area contributed by atoms with Crippen LogP contribution >= 0.6 is 0 Å². The topological polar surface area (TPSA) is 62.6 Å². The maximum absolute atomic E-state index is 12.7. The van der Waals surface area contributed by atoms with Crippen LogP contribution in [0.2, 0.25) is 0 Å². The van der Waals surface area contributed by atoms with Gasteiger partial charge in [0.2, 0.25) is 0 Å². The number of hydrogen-bond acceptors (Lipinski definition) is 5. The molecule has 6 nitrogen and oxygen atoms in total. The molecular weight excluding hydrogens is 533 g/mol. The predicted molar refractivity (Wildman–Crippen MR) is 150 cm³/mol. The van der Waals surface area contributed by atoms with Crippen LogP contribution < -0.4 is 9.47 Å². The van der Waals surface area contributed by atoms with Gasteiger partial charge >= 0.3 is 12.3 Å². The minimum Gasteiger partial charge on any atom is -0.493 e. The highest BCUT2D eigenvalue weighted by Crippen LogP contribution is 2.34. The number of halogens is 3. The van der Waals surface area contributed by atoms with E-state index in [0.29, 0.717) is 49.4 Å². The molecule has 1 aromatic heterocycles. The number of fused-ring (bicyclic) bond motifs is 1. The molecule has 0 amide bonds. The lowest BCUT2D eigenvalue weighted by molar-refractivity contribution is -0.274. The molecule has 0 aliphatic heterocycles. The summed E-state index contributed by atoms with van der Waals surface area (Å²) in [5, 5.41) is 0. The summed E-state index contributed by atoms with van der Waals surface area (Å²) in [4.78, 5) is 16.8. The van der Waals surface area contributed by atoms with Gasteiger partial charge in [-0.1, -0.05) is 36.8 Å². The quantitative estimate of drug-likeness (QED) is 0.183. The second-order valence-electron chi connectivity index (χ2n) is 10.4. The minimum atomic E-state index is -4.75. The van der Waals surface area contributed by atoms with E-state index in [1.165, 1.54) is 12.1 Å². The smallest absolute Gasteiger partial charge is 0.493 e. The van der Waals surface area contributed by atoms with Gasteiger partial charge in [-0.2, -0.15) is 0 Å². The average Bonchev–Trinajstić information content (AvgIpc) is 3.31. The second-order valence-corrected chi connectivity index (χ2v) is 10.4. The Morgan fingerprint density at radius 2 is 1.71 bits per heavy atom. The van der Waals surface area contributed by atoms with E-state index in [2.05, 4.69) is 4.74 Å². The summed E-state index contributed by atoms with van der Waals surface area (Å²) in [6.45, 7) is 3.25. The summed E-state index contributed by atoms with van der Waals surface area (Å²) in [6, 6.07) is 21.3. The van der Waals surface area contributed by atoms with Crippen LogP contribution in [0.4, 0.5) is 13.2 Å². The van der Waals surface area contributed by atoms with Crippen molar-refractivity contribution in [2.45, 2.75) is 51.9 Å². The maximum Gasteiger partial charge on any atom is 0.573 e. The Bertz CT molecular complexity index is 1470. The van der Waals surface area contributed by atoms with Crippen LogP contribution in [0.5, 0.6) is 11.5 Å². The molecule has 41 heavy (non-hydrogen) atoms. The monoisotopic (exact) mass is 566 g/mol. The zero-order valence-electron chi connectivity index (χ0n) is 22.9. The third kappa shape index (κ3) is 7.39. The molecule has 216 valence electrons. The third-order valence-corrected chi connectivity index (χ3v) is 7.43. The van der Waals surface area contributed by atoms with Crippen molar-refractivity contribution in [2.75, 3.05) is 13.2 Å². The van der Waals surface area contributed by atoms with Gasteiger partial charge in [-0.25, -0.2) is 4.98 Å². The highest BCUT2D eigenvalue weighted by molar-refractivity contribution is 5.81. The van der Waals surface area contributed by atoms with E-state index in [-0.39, 0.29) is 11.7 Å². The number of ether oxygens (including phenoxy) is 3. The Hall–Kier alpha value is -4.01. The molecular formula is C32H33F3N2O4. The largest absolute Gasteiger partial charge is 0.573 e. The number of alkyl halides is 3. The zero-order valence-corrected chi connectivity index (χ0v) is 22.9. The molecule has 0 spiro atoms. The van der Waals surface area contributed by atoms with Crippen LogP contribution in [0.3, 0.4) is 0 Å². The fraction of sp³-hybridized carbons (Fsp3) is 0.375. The molecule has 0 radical (unpaired) electrons. The number of esters is 1. The van der Waals surface area contributed by atoms with Crippen LogP contribution in [0.1, 0.15) is 44.6 Å². The first-order chi connectivity index (χ1) is 19.8. The zero-order chi connectivity index (χ0) is 28.8. The predicted octanol–water partition coefficient (Wildman–Crippen LogP) is 7.79. The molecule has 0 N–H and O–H groups in total. The summed E-state index contributed by atoms with van der Waals surface area (Å²) in [5.41, 5.74) is 3.32. The highest BCUT2D eigenvalue weighted by Gasteiger charge is 2.31. The number of nitrogens with zero attached hydrogens (tertiary/aromatic N) is 2. The molecule has 3 aromatic carbocycles. The van der Waals surface area contributed by atoms with Crippen LogP contribution in [0, 0.1) is 11.8 Å². The van der Waals surface area contributed by atoms with Gasteiger partial charge in [-0.3, -0.25) is 4.79 Å². The van der Waals surface area contributed by atoms with Crippen molar-refractivity contribution in [3.05, 3.63) is 78.4 Å². The van der Waals surface area contributed by atoms with E-state index in [1.54, 1.807) is 12.1 Å². The van der Waals surface area contributed by atoms with Crippen molar-refractivity contribution in [3.63, 3.8) is 0 Å². The van der Waals surface area contributed by atoms with Gasteiger partial charge in [0.15, 0.2) is 0 Å². The first-order valence-electron chi connectivity index (χ1n) is 14.0. The van der Waals surface area contributed by atoms with Gasteiger partial charge < -0.3 is 18.8 Å². The van der Waals surface area contributed by atoms with Gasteiger partial charge in [0.1, 0.15) is 17.3 Å². The Balaban J connectivity index is 1.34. The molecule has 5 rings (SSSR count). The number of imidazole rings is 1. The molecule has 2 unspecified atom stereocenters. The van der Waals surface area contributed by atoms with Crippen molar-refractivity contribution in [1.29, 1.82) is 0 Å². The lowest BCUT2D eigenvalue weighted by Crippen LogP contribution is -2.23.